The molecule has 0 aliphatic carbocycles. The first kappa shape index (κ1) is 17.6. The number of methoxy groups -OCH3 is 1. The van der Waals surface area contributed by atoms with Crippen LogP contribution in [-0.4, -0.2) is 29.1 Å². The quantitative estimate of drug-likeness (QED) is 0.440. The zero-order valence-corrected chi connectivity index (χ0v) is 12.4. The Morgan fingerprint density at radius 2 is 2.09 bits per heavy atom. The fraction of sp³-hybridized carbons (Fsp3) is 0.429. The lowest BCUT2D eigenvalue weighted by atomic mass is 9.81. The first-order chi connectivity index (χ1) is 10.3. The first-order valence-electron chi connectivity index (χ1n) is 6.55. The maximum atomic E-state index is 11.9. The van der Waals surface area contributed by atoms with Crippen molar-refractivity contribution >= 4 is 11.9 Å². The molecule has 0 bridgehead atoms. The van der Waals surface area contributed by atoms with Gasteiger partial charge in [0.05, 0.1) is 19.1 Å². The zero-order chi connectivity index (χ0) is 16.9. The number of hydrogen-bond acceptors (Lipinski definition) is 6. The van der Waals surface area contributed by atoms with Crippen molar-refractivity contribution in [3.63, 3.8) is 0 Å². The molecule has 0 aliphatic rings. The van der Waals surface area contributed by atoms with Gasteiger partial charge in [0.25, 0.3) is 0 Å². The summed E-state index contributed by atoms with van der Waals surface area (Å²) in [5.74, 6) is -1.88. The average Bonchev–Trinajstić information content (AvgIpc) is 2.50. The van der Waals surface area contributed by atoms with Gasteiger partial charge in [0.2, 0.25) is 5.54 Å². The highest BCUT2D eigenvalue weighted by Gasteiger charge is 2.44. The lowest BCUT2D eigenvalue weighted by Gasteiger charge is -2.25. The molecule has 8 nitrogen and oxygen atoms in total. The molecule has 1 aromatic carbocycles. The topological polar surface area (TPSA) is 133 Å². The smallest absolute Gasteiger partial charge is 0.338 e. The average molecular weight is 310 g/mol. The SMILES string of the molecule is COC(=O)c1cccc(CN)c1C(C)(CCC(=O)O)[N+](=O)[O-]. The summed E-state index contributed by atoms with van der Waals surface area (Å²) in [7, 11) is 1.17. The van der Waals surface area contributed by atoms with E-state index in [0.717, 1.165) is 0 Å². The van der Waals surface area contributed by atoms with E-state index in [-0.39, 0.29) is 24.1 Å². The van der Waals surface area contributed by atoms with E-state index in [1.54, 1.807) is 12.1 Å². The molecule has 0 aromatic heterocycles. The predicted octanol–water partition coefficient (Wildman–Crippen LogP) is 1.29. The van der Waals surface area contributed by atoms with Crippen LogP contribution in [-0.2, 0) is 21.6 Å². The molecule has 1 unspecified atom stereocenters. The lowest BCUT2D eigenvalue weighted by molar-refractivity contribution is -0.576. The summed E-state index contributed by atoms with van der Waals surface area (Å²) in [5.41, 5.74) is 4.41. The molecule has 0 heterocycles. The molecule has 0 radical (unpaired) electrons. The van der Waals surface area contributed by atoms with Crippen LogP contribution in [0.2, 0.25) is 0 Å². The second-order valence-corrected chi connectivity index (χ2v) is 4.96. The van der Waals surface area contributed by atoms with Gasteiger partial charge < -0.3 is 15.6 Å². The monoisotopic (exact) mass is 310 g/mol. The van der Waals surface area contributed by atoms with Gasteiger partial charge in [-0.15, -0.1) is 0 Å². The third-order valence-electron chi connectivity index (χ3n) is 3.54. The Labute approximate surface area is 127 Å². The van der Waals surface area contributed by atoms with Crippen molar-refractivity contribution < 1.29 is 24.4 Å². The van der Waals surface area contributed by atoms with Crippen LogP contribution in [0.25, 0.3) is 0 Å². The third kappa shape index (κ3) is 3.40. The Kier molecular flexibility index (Phi) is 5.58. The van der Waals surface area contributed by atoms with Crippen molar-refractivity contribution in [3.8, 4) is 0 Å². The molecule has 0 saturated heterocycles. The van der Waals surface area contributed by atoms with Gasteiger partial charge in [-0.2, -0.15) is 0 Å². The van der Waals surface area contributed by atoms with Crippen molar-refractivity contribution in [3.05, 3.63) is 45.0 Å². The molecule has 0 aliphatic heterocycles. The maximum absolute atomic E-state index is 11.9. The number of aliphatic carboxylic acids is 1. The number of carbonyl (C=O) groups is 2. The first-order valence-corrected chi connectivity index (χ1v) is 6.55. The van der Waals surface area contributed by atoms with Gasteiger partial charge in [0.1, 0.15) is 0 Å². The van der Waals surface area contributed by atoms with Crippen LogP contribution in [0.1, 0.15) is 41.3 Å². The molecule has 0 saturated carbocycles. The normalized spacial score (nSPS) is 13.2. The van der Waals surface area contributed by atoms with Crippen LogP contribution in [0.5, 0.6) is 0 Å². The number of carboxylic acid groups (broad SMARTS) is 1. The molecule has 0 amide bonds. The van der Waals surface area contributed by atoms with Crippen molar-refractivity contribution in [1.29, 1.82) is 0 Å². The minimum atomic E-state index is -1.75. The van der Waals surface area contributed by atoms with Gasteiger partial charge in [-0.3, -0.25) is 14.9 Å². The van der Waals surface area contributed by atoms with Gasteiger partial charge in [-0.05, 0) is 11.6 Å². The van der Waals surface area contributed by atoms with Crippen molar-refractivity contribution in [2.45, 2.75) is 31.8 Å². The summed E-state index contributed by atoms with van der Waals surface area (Å²) >= 11 is 0. The van der Waals surface area contributed by atoms with Crippen molar-refractivity contribution in [2.75, 3.05) is 7.11 Å². The Balaban J connectivity index is 3.55. The standard InChI is InChI=1S/C14H18N2O6/c1-14(16(20)21,7-6-11(17)18)12-9(8-15)4-3-5-10(12)13(19)22-2/h3-5H,6-8,15H2,1-2H3,(H,17,18). The van der Waals surface area contributed by atoms with Crippen LogP contribution in [0, 0.1) is 10.1 Å². The number of hydrogen-bond donors (Lipinski definition) is 2. The minimum absolute atomic E-state index is 0.0172. The fourth-order valence-corrected chi connectivity index (χ4v) is 2.34. The number of esters is 1. The minimum Gasteiger partial charge on any atom is -0.481 e. The van der Waals surface area contributed by atoms with Crippen LogP contribution in [0.3, 0.4) is 0 Å². The number of ether oxygens (including phenoxy) is 1. The third-order valence-corrected chi connectivity index (χ3v) is 3.54. The summed E-state index contributed by atoms with van der Waals surface area (Å²) in [4.78, 5) is 33.7. The molecular formula is C14H18N2O6. The molecular weight excluding hydrogens is 292 g/mol. The van der Waals surface area contributed by atoms with E-state index in [2.05, 4.69) is 4.74 Å². The largest absolute Gasteiger partial charge is 0.481 e. The van der Waals surface area contributed by atoms with Gasteiger partial charge in [-0.1, -0.05) is 12.1 Å². The molecule has 1 aromatic rings. The molecule has 1 atom stereocenters. The molecule has 8 heteroatoms. The van der Waals surface area contributed by atoms with Crippen LogP contribution in [0.15, 0.2) is 18.2 Å². The Bertz CT molecular complexity index is 601. The van der Waals surface area contributed by atoms with Gasteiger partial charge in [0.15, 0.2) is 0 Å². The summed E-state index contributed by atoms with van der Waals surface area (Å²) in [6.45, 7) is 1.27. The summed E-state index contributed by atoms with van der Waals surface area (Å²) in [5, 5.41) is 20.4. The molecule has 3 N–H and O–H groups in total. The number of benzene rings is 1. The predicted molar refractivity (Wildman–Crippen MR) is 76.9 cm³/mol. The second-order valence-electron chi connectivity index (χ2n) is 4.96. The van der Waals surface area contributed by atoms with E-state index >= 15 is 0 Å². The van der Waals surface area contributed by atoms with Crippen LogP contribution < -0.4 is 5.73 Å². The van der Waals surface area contributed by atoms with Crippen molar-refractivity contribution in [1.82, 2.24) is 0 Å². The van der Waals surface area contributed by atoms with E-state index in [9.17, 15) is 19.7 Å². The highest BCUT2D eigenvalue weighted by atomic mass is 16.6. The number of carbonyl (C=O) groups excluding carboxylic acids is 1. The van der Waals surface area contributed by atoms with E-state index in [1.807, 2.05) is 0 Å². The van der Waals surface area contributed by atoms with E-state index in [4.69, 9.17) is 10.8 Å². The van der Waals surface area contributed by atoms with E-state index in [0.29, 0.717) is 5.56 Å². The summed E-state index contributed by atoms with van der Waals surface area (Å²) < 4.78 is 4.66. The van der Waals surface area contributed by atoms with E-state index in [1.165, 1.54) is 20.1 Å². The summed E-state index contributed by atoms with van der Waals surface area (Å²) in [6, 6.07) is 4.53. The maximum Gasteiger partial charge on any atom is 0.338 e. The molecule has 22 heavy (non-hydrogen) atoms. The van der Waals surface area contributed by atoms with Crippen molar-refractivity contribution in [2.24, 2.45) is 5.73 Å². The van der Waals surface area contributed by atoms with E-state index < -0.39 is 28.8 Å². The second kappa shape index (κ2) is 6.99. The number of carboxylic acids is 1. The molecule has 0 spiro atoms. The van der Waals surface area contributed by atoms with Gasteiger partial charge >= 0.3 is 11.9 Å². The van der Waals surface area contributed by atoms with Gasteiger partial charge in [0, 0.05) is 30.4 Å². The fourth-order valence-electron chi connectivity index (χ4n) is 2.34. The van der Waals surface area contributed by atoms with Gasteiger partial charge in [-0.25, -0.2) is 4.79 Å². The highest BCUT2D eigenvalue weighted by Crippen LogP contribution is 2.35. The van der Waals surface area contributed by atoms with Crippen LogP contribution in [0.4, 0.5) is 0 Å². The number of nitrogens with zero attached hydrogens (tertiary/aromatic N) is 1. The molecule has 0 fully saturated rings. The molecule has 120 valence electrons. The Hall–Kier alpha value is -2.48. The number of nitro groups is 1. The number of rotatable bonds is 7. The Morgan fingerprint density at radius 3 is 2.55 bits per heavy atom. The molecule has 1 rings (SSSR count). The highest BCUT2D eigenvalue weighted by molar-refractivity contribution is 5.91. The summed E-state index contributed by atoms with van der Waals surface area (Å²) in [6.07, 6.45) is -0.673. The Morgan fingerprint density at radius 1 is 1.45 bits per heavy atom. The number of nitrogens with two attached hydrogens (primary N) is 1. The lowest BCUT2D eigenvalue weighted by Crippen LogP contribution is -2.36. The zero-order valence-electron chi connectivity index (χ0n) is 12.4. The van der Waals surface area contributed by atoms with Crippen LogP contribution >= 0.6 is 0 Å².